The molecule has 0 saturated carbocycles. The number of hydrogen-bond acceptors (Lipinski definition) is 6. The number of aromatic nitrogens is 2. The molecule has 2 aromatic heterocycles. The smallest absolute Gasteiger partial charge is 0.317 e. The van der Waals surface area contributed by atoms with E-state index in [1.165, 1.54) is 12.3 Å². The van der Waals surface area contributed by atoms with Crippen molar-refractivity contribution in [3.8, 4) is 22.5 Å². The lowest BCUT2D eigenvalue weighted by molar-refractivity contribution is 0.112. The molecule has 1 aliphatic rings. The van der Waals surface area contributed by atoms with E-state index in [0.29, 0.717) is 15.6 Å². The third-order valence-electron chi connectivity index (χ3n) is 6.19. The third kappa shape index (κ3) is 3.70. The first-order valence-corrected chi connectivity index (χ1v) is 11.7. The van der Waals surface area contributed by atoms with Gasteiger partial charge in [-0.25, -0.2) is 13.8 Å². The van der Waals surface area contributed by atoms with Crippen LogP contribution in [0.3, 0.4) is 0 Å². The van der Waals surface area contributed by atoms with Gasteiger partial charge < -0.3 is 4.74 Å². The van der Waals surface area contributed by atoms with Crippen molar-refractivity contribution in [3.05, 3.63) is 52.7 Å². The maximum atomic E-state index is 15.7. The standard InChI is InChI=1S/C24H19ClF2N4OS/c1-12(18-4-3-9-31(18)2)32-24-29-11-13-5-6-15(19(26)21(13)30-24)22-16(10-28)14-7-8-17(25)20(27)23(14)33-22/h5-8,11-12,18H,3-4,9H2,1-2H3/t12?,18-/m0/s1. The van der Waals surface area contributed by atoms with Crippen LogP contribution in [-0.4, -0.2) is 40.6 Å². The molecule has 1 saturated heterocycles. The Bertz CT molecular complexity index is 1430. The summed E-state index contributed by atoms with van der Waals surface area (Å²) in [4.78, 5) is 11.1. The molecule has 1 aliphatic heterocycles. The van der Waals surface area contributed by atoms with Crippen molar-refractivity contribution in [2.75, 3.05) is 13.6 Å². The van der Waals surface area contributed by atoms with Crippen LogP contribution in [0.15, 0.2) is 30.5 Å². The van der Waals surface area contributed by atoms with Crippen molar-refractivity contribution in [3.63, 3.8) is 0 Å². The Morgan fingerprint density at radius 3 is 2.82 bits per heavy atom. The summed E-state index contributed by atoms with van der Waals surface area (Å²) in [6.07, 6.45) is 3.49. The second-order valence-electron chi connectivity index (χ2n) is 8.19. The number of hydrogen-bond donors (Lipinski definition) is 0. The maximum Gasteiger partial charge on any atom is 0.317 e. The number of likely N-dealkylation sites (tertiary alicyclic amines) is 1. The van der Waals surface area contributed by atoms with Gasteiger partial charge in [-0.2, -0.15) is 10.2 Å². The molecule has 0 amide bonds. The summed E-state index contributed by atoms with van der Waals surface area (Å²) < 4.78 is 36.4. The van der Waals surface area contributed by atoms with E-state index >= 15 is 4.39 Å². The van der Waals surface area contributed by atoms with Crippen LogP contribution in [0.1, 0.15) is 25.3 Å². The fraction of sp³-hybridized carbons (Fsp3) is 0.292. The summed E-state index contributed by atoms with van der Waals surface area (Å²) in [5, 5.41) is 10.6. The molecule has 0 bridgehead atoms. The predicted molar refractivity (Wildman–Crippen MR) is 126 cm³/mol. The van der Waals surface area contributed by atoms with Gasteiger partial charge in [0.25, 0.3) is 0 Å². The van der Waals surface area contributed by atoms with Gasteiger partial charge in [0.1, 0.15) is 17.7 Å². The highest BCUT2D eigenvalue weighted by atomic mass is 35.5. The molecule has 0 aliphatic carbocycles. The number of ether oxygens (including phenoxy) is 1. The van der Waals surface area contributed by atoms with Gasteiger partial charge in [0.2, 0.25) is 0 Å². The Kier molecular flexibility index (Phi) is 5.65. The number of nitrogens with zero attached hydrogens (tertiary/aromatic N) is 4. The molecule has 0 radical (unpaired) electrons. The molecule has 5 nitrogen and oxygen atoms in total. The van der Waals surface area contributed by atoms with E-state index in [4.69, 9.17) is 16.3 Å². The van der Waals surface area contributed by atoms with E-state index in [1.807, 2.05) is 6.92 Å². The highest BCUT2D eigenvalue weighted by Gasteiger charge is 2.28. The quantitative estimate of drug-likeness (QED) is 0.346. The molecule has 33 heavy (non-hydrogen) atoms. The average Bonchev–Trinajstić information content (AvgIpc) is 3.40. The number of nitriles is 1. The molecule has 1 unspecified atom stereocenters. The summed E-state index contributed by atoms with van der Waals surface area (Å²) in [6.45, 7) is 2.97. The molecule has 0 spiro atoms. The van der Waals surface area contributed by atoms with Gasteiger partial charge in [-0.15, -0.1) is 11.3 Å². The van der Waals surface area contributed by atoms with Crippen LogP contribution in [0.4, 0.5) is 8.78 Å². The first-order valence-electron chi connectivity index (χ1n) is 10.5. The van der Waals surface area contributed by atoms with Gasteiger partial charge in [-0.3, -0.25) is 4.90 Å². The van der Waals surface area contributed by atoms with Crippen molar-refractivity contribution in [2.45, 2.75) is 31.9 Å². The van der Waals surface area contributed by atoms with Gasteiger partial charge in [0.05, 0.1) is 20.2 Å². The van der Waals surface area contributed by atoms with E-state index in [9.17, 15) is 9.65 Å². The van der Waals surface area contributed by atoms with Crippen molar-refractivity contribution in [1.29, 1.82) is 5.26 Å². The zero-order chi connectivity index (χ0) is 23.3. The SMILES string of the molecule is CC(Oc1ncc2ccc(-c3sc4c(F)c(Cl)ccc4c3C#N)c(F)c2n1)[C@@H]1CCCN1C. The molecule has 5 rings (SSSR count). The molecule has 2 aromatic carbocycles. The second-order valence-corrected chi connectivity index (χ2v) is 9.61. The summed E-state index contributed by atoms with van der Waals surface area (Å²) in [7, 11) is 2.05. The van der Waals surface area contributed by atoms with Crippen molar-refractivity contribution < 1.29 is 13.5 Å². The van der Waals surface area contributed by atoms with Gasteiger partial charge in [-0.05, 0) is 45.5 Å². The maximum absolute atomic E-state index is 15.7. The number of rotatable bonds is 4. The normalized spacial score (nSPS) is 17.5. The lowest BCUT2D eigenvalue weighted by Crippen LogP contribution is -2.38. The van der Waals surface area contributed by atoms with Gasteiger partial charge >= 0.3 is 6.01 Å². The van der Waals surface area contributed by atoms with Crippen LogP contribution in [-0.2, 0) is 0 Å². The molecule has 0 N–H and O–H groups in total. The minimum Gasteiger partial charge on any atom is -0.459 e. The Morgan fingerprint density at radius 1 is 1.27 bits per heavy atom. The third-order valence-corrected chi connectivity index (χ3v) is 7.71. The second kappa shape index (κ2) is 8.49. The molecule has 2 atom stereocenters. The van der Waals surface area contributed by atoms with E-state index in [2.05, 4.69) is 28.0 Å². The van der Waals surface area contributed by atoms with E-state index in [1.54, 1.807) is 18.2 Å². The zero-order valence-electron chi connectivity index (χ0n) is 17.9. The van der Waals surface area contributed by atoms with Gasteiger partial charge in [-0.1, -0.05) is 23.7 Å². The van der Waals surface area contributed by atoms with E-state index in [0.717, 1.165) is 30.7 Å². The molecular weight excluding hydrogens is 466 g/mol. The minimum atomic E-state index is -0.619. The van der Waals surface area contributed by atoms with Gasteiger partial charge in [0.15, 0.2) is 11.6 Å². The Morgan fingerprint density at radius 2 is 2.09 bits per heavy atom. The van der Waals surface area contributed by atoms with Crippen molar-refractivity contribution in [2.24, 2.45) is 0 Å². The van der Waals surface area contributed by atoms with Crippen LogP contribution < -0.4 is 4.74 Å². The summed E-state index contributed by atoms with van der Waals surface area (Å²) in [5.74, 6) is -1.23. The molecular formula is C24H19ClF2N4OS. The van der Waals surface area contributed by atoms with Crippen LogP contribution in [0.5, 0.6) is 6.01 Å². The fourth-order valence-electron chi connectivity index (χ4n) is 4.46. The first-order chi connectivity index (χ1) is 15.9. The number of fused-ring (bicyclic) bond motifs is 2. The topological polar surface area (TPSA) is 62.0 Å². The Hall–Kier alpha value is -2.86. The molecule has 168 valence electrons. The molecule has 3 heterocycles. The number of benzene rings is 2. The lowest BCUT2D eigenvalue weighted by Gasteiger charge is -2.25. The first kappa shape index (κ1) is 22.0. The molecule has 4 aromatic rings. The van der Waals surface area contributed by atoms with Crippen LogP contribution in [0, 0.1) is 23.0 Å². The fourth-order valence-corrected chi connectivity index (χ4v) is 5.88. The number of thiophene rings is 1. The van der Waals surface area contributed by atoms with Crippen molar-refractivity contribution in [1.82, 2.24) is 14.9 Å². The Labute approximate surface area is 198 Å². The van der Waals surface area contributed by atoms with Crippen molar-refractivity contribution >= 4 is 43.9 Å². The average molecular weight is 485 g/mol. The molecule has 1 fully saturated rings. The Balaban J connectivity index is 1.58. The van der Waals surface area contributed by atoms with Crippen LogP contribution in [0.2, 0.25) is 5.02 Å². The number of halogens is 3. The highest BCUT2D eigenvalue weighted by Crippen LogP contribution is 2.42. The summed E-state index contributed by atoms with van der Waals surface area (Å²) in [6, 6.07) is 8.64. The highest BCUT2D eigenvalue weighted by molar-refractivity contribution is 7.22. The number of likely N-dealkylation sites (N-methyl/N-ethyl adjacent to an activating group) is 1. The van der Waals surface area contributed by atoms with Gasteiger partial charge in [0, 0.05) is 28.6 Å². The lowest BCUT2D eigenvalue weighted by atomic mass is 10.0. The zero-order valence-corrected chi connectivity index (χ0v) is 19.5. The minimum absolute atomic E-state index is 0.0460. The van der Waals surface area contributed by atoms with E-state index < -0.39 is 11.6 Å². The summed E-state index contributed by atoms with van der Waals surface area (Å²) >= 11 is 6.90. The summed E-state index contributed by atoms with van der Waals surface area (Å²) in [5.41, 5.74) is 0.459. The van der Waals surface area contributed by atoms with Crippen LogP contribution in [0.25, 0.3) is 31.4 Å². The van der Waals surface area contributed by atoms with Crippen LogP contribution >= 0.6 is 22.9 Å². The molecule has 9 heteroatoms. The monoisotopic (exact) mass is 484 g/mol. The predicted octanol–water partition coefficient (Wildman–Crippen LogP) is 6.18. The van der Waals surface area contributed by atoms with E-state index in [-0.39, 0.29) is 44.5 Å². The largest absolute Gasteiger partial charge is 0.459 e.